The van der Waals surface area contributed by atoms with Crippen molar-refractivity contribution in [1.82, 2.24) is 9.21 Å². The molecule has 7 nitrogen and oxygen atoms in total. The standard InChI is InChI=1S/C16H22N2O5S2/c1-17(2)25(21,22)14-6-4-12(5-7-14)16(20)18-9-8-13(10-18)24-11-15(19)23-3/h4-7,13H,8-11H2,1-3H3/t13-/m1/s1. The second-order valence-electron chi connectivity index (χ2n) is 5.86. The van der Waals surface area contributed by atoms with Crippen LogP contribution in [0.5, 0.6) is 0 Å². The molecule has 0 radical (unpaired) electrons. The number of esters is 1. The number of ether oxygens (including phenoxy) is 1. The van der Waals surface area contributed by atoms with Crippen LogP contribution in [-0.2, 0) is 19.6 Å². The van der Waals surface area contributed by atoms with Gasteiger partial charge in [-0.25, -0.2) is 12.7 Å². The van der Waals surface area contributed by atoms with E-state index in [1.807, 2.05) is 0 Å². The summed E-state index contributed by atoms with van der Waals surface area (Å²) in [6, 6.07) is 5.96. The number of carbonyl (C=O) groups is 2. The number of rotatable bonds is 6. The number of amides is 1. The van der Waals surface area contributed by atoms with Gasteiger partial charge in [-0.15, -0.1) is 11.8 Å². The number of sulfonamides is 1. The summed E-state index contributed by atoms with van der Waals surface area (Å²) < 4.78 is 29.9. The Balaban J connectivity index is 1.99. The highest BCUT2D eigenvalue weighted by molar-refractivity contribution is 8.00. The molecule has 1 aliphatic rings. The molecule has 1 fully saturated rings. The van der Waals surface area contributed by atoms with Crippen LogP contribution in [0.1, 0.15) is 16.8 Å². The maximum atomic E-state index is 12.5. The van der Waals surface area contributed by atoms with Gasteiger partial charge in [0.1, 0.15) is 0 Å². The Morgan fingerprint density at radius 3 is 2.48 bits per heavy atom. The van der Waals surface area contributed by atoms with Crippen LogP contribution in [0.2, 0.25) is 0 Å². The summed E-state index contributed by atoms with van der Waals surface area (Å²) in [7, 11) is 0.777. The number of methoxy groups -OCH3 is 1. The molecule has 9 heteroatoms. The Morgan fingerprint density at radius 2 is 1.92 bits per heavy atom. The van der Waals surface area contributed by atoms with Crippen molar-refractivity contribution in [2.24, 2.45) is 0 Å². The number of likely N-dealkylation sites (tertiary alicyclic amines) is 1. The molecule has 1 amide bonds. The first kappa shape index (κ1) is 19.7. The van der Waals surface area contributed by atoms with E-state index in [0.29, 0.717) is 18.7 Å². The summed E-state index contributed by atoms with van der Waals surface area (Å²) >= 11 is 1.49. The van der Waals surface area contributed by atoms with Gasteiger partial charge >= 0.3 is 5.97 Å². The van der Waals surface area contributed by atoms with Gasteiger partial charge in [0, 0.05) is 38.0 Å². The molecule has 138 valence electrons. The summed E-state index contributed by atoms with van der Waals surface area (Å²) in [6.07, 6.45) is 0.820. The largest absolute Gasteiger partial charge is 0.468 e. The predicted molar refractivity (Wildman–Crippen MR) is 96.1 cm³/mol. The lowest BCUT2D eigenvalue weighted by molar-refractivity contribution is -0.137. The molecule has 2 rings (SSSR count). The van der Waals surface area contributed by atoms with Crippen LogP contribution in [0.15, 0.2) is 29.2 Å². The van der Waals surface area contributed by atoms with E-state index < -0.39 is 10.0 Å². The molecule has 0 unspecified atom stereocenters. The van der Waals surface area contributed by atoms with Crippen molar-refractivity contribution in [3.63, 3.8) is 0 Å². The molecule has 0 aromatic heterocycles. The molecule has 1 heterocycles. The van der Waals surface area contributed by atoms with Crippen LogP contribution in [0.4, 0.5) is 0 Å². The predicted octanol–water partition coefficient (Wildman–Crippen LogP) is 1.06. The van der Waals surface area contributed by atoms with Crippen LogP contribution in [0.3, 0.4) is 0 Å². The highest BCUT2D eigenvalue weighted by Gasteiger charge is 2.28. The zero-order chi connectivity index (χ0) is 18.6. The van der Waals surface area contributed by atoms with E-state index in [0.717, 1.165) is 10.7 Å². The molecule has 0 aliphatic carbocycles. The Labute approximate surface area is 152 Å². The monoisotopic (exact) mass is 386 g/mol. The van der Waals surface area contributed by atoms with Gasteiger partial charge in [-0.3, -0.25) is 9.59 Å². The molecule has 0 bridgehead atoms. The number of carbonyl (C=O) groups excluding carboxylic acids is 2. The smallest absolute Gasteiger partial charge is 0.315 e. The minimum Gasteiger partial charge on any atom is -0.468 e. The van der Waals surface area contributed by atoms with Crippen molar-refractivity contribution in [2.45, 2.75) is 16.6 Å². The number of thioether (sulfide) groups is 1. The molecule has 25 heavy (non-hydrogen) atoms. The molecule has 1 aromatic rings. The van der Waals surface area contributed by atoms with E-state index in [9.17, 15) is 18.0 Å². The van der Waals surface area contributed by atoms with Crippen molar-refractivity contribution >= 4 is 33.7 Å². The lowest BCUT2D eigenvalue weighted by Crippen LogP contribution is -2.29. The Bertz CT molecular complexity index is 731. The SMILES string of the molecule is COC(=O)CS[C@@H]1CCN(C(=O)c2ccc(S(=O)(=O)N(C)C)cc2)C1. The van der Waals surface area contributed by atoms with Crippen molar-refractivity contribution in [1.29, 1.82) is 0 Å². The number of hydrogen-bond donors (Lipinski definition) is 0. The van der Waals surface area contributed by atoms with Crippen molar-refractivity contribution < 1.29 is 22.7 Å². The van der Waals surface area contributed by atoms with Gasteiger partial charge in [0.25, 0.3) is 5.91 Å². The molecule has 1 atom stereocenters. The van der Waals surface area contributed by atoms with Gasteiger partial charge in [-0.2, -0.15) is 0 Å². The highest BCUT2D eigenvalue weighted by Crippen LogP contribution is 2.24. The Hall–Kier alpha value is -1.58. The zero-order valence-corrected chi connectivity index (χ0v) is 16.1. The third-order valence-electron chi connectivity index (χ3n) is 3.98. The molecule has 1 aromatic carbocycles. The lowest BCUT2D eigenvalue weighted by Gasteiger charge is -2.17. The van der Waals surface area contributed by atoms with Crippen molar-refractivity contribution in [2.75, 3.05) is 40.0 Å². The van der Waals surface area contributed by atoms with Gasteiger partial charge in [0.15, 0.2) is 0 Å². The molecular weight excluding hydrogens is 364 g/mol. The molecule has 1 aliphatic heterocycles. The Kier molecular flexibility index (Phi) is 6.47. The van der Waals surface area contributed by atoms with E-state index in [4.69, 9.17) is 0 Å². The molecule has 1 saturated heterocycles. The zero-order valence-electron chi connectivity index (χ0n) is 14.5. The minimum absolute atomic E-state index is 0.130. The third-order valence-corrected chi connectivity index (χ3v) is 7.06. The first-order valence-corrected chi connectivity index (χ1v) is 10.2. The number of nitrogens with zero attached hydrogens (tertiary/aromatic N) is 2. The fourth-order valence-corrected chi connectivity index (χ4v) is 4.41. The number of benzene rings is 1. The fourth-order valence-electron chi connectivity index (χ4n) is 2.46. The van der Waals surface area contributed by atoms with E-state index in [1.54, 1.807) is 4.90 Å². The quantitative estimate of drug-likeness (QED) is 0.680. The van der Waals surface area contributed by atoms with Crippen LogP contribution in [0, 0.1) is 0 Å². The molecular formula is C16H22N2O5S2. The second kappa shape index (κ2) is 8.20. The summed E-state index contributed by atoms with van der Waals surface area (Å²) in [6.45, 7) is 1.19. The van der Waals surface area contributed by atoms with Crippen molar-refractivity contribution in [3.05, 3.63) is 29.8 Å². The third kappa shape index (κ3) is 4.74. The van der Waals surface area contributed by atoms with Crippen LogP contribution in [0.25, 0.3) is 0 Å². The summed E-state index contributed by atoms with van der Waals surface area (Å²) in [5, 5.41) is 0.205. The van der Waals surface area contributed by atoms with Gasteiger partial charge in [0.2, 0.25) is 10.0 Å². The normalized spacial score (nSPS) is 17.8. The average Bonchev–Trinajstić information content (AvgIpc) is 3.07. The van der Waals surface area contributed by atoms with Crippen LogP contribution < -0.4 is 0 Å². The second-order valence-corrected chi connectivity index (χ2v) is 9.30. The van der Waals surface area contributed by atoms with Gasteiger partial charge in [-0.1, -0.05) is 0 Å². The topological polar surface area (TPSA) is 84.0 Å². The average molecular weight is 386 g/mol. The van der Waals surface area contributed by atoms with Gasteiger partial charge < -0.3 is 9.64 Å². The van der Waals surface area contributed by atoms with E-state index in [-0.39, 0.29) is 27.8 Å². The van der Waals surface area contributed by atoms with Crippen LogP contribution in [-0.4, -0.2) is 74.8 Å². The van der Waals surface area contributed by atoms with Gasteiger partial charge in [-0.05, 0) is 30.7 Å². The number of hydrogen-bond acceptors (Lipinski definition) is 6. The first-order chi connectivity index (χ1) is 11.8. The van der Waals surface area contributed by atoms with E-state index >= 15 is 0 Å². The fraction of sp³-hybridized carbons (Fsp3) is 0.500. The maximum absolute atomic E-state index is 12.5. The molecule has 0 saturated carbocycles. The molecule has 0 N–H and O–H groups in total. The summed E-state index contributed by atoms with van der Waals surface area (Å²) in [5.74, 6) is -0.122. The highest BCUT2D eigenvalue weighted by atomic mass is 32.2. The molecule has 0 spiro atoms. The van der Waals surface area contributed by atoms with Crippen molar-refractivity contribution in [3.8, 4) is 0 Å². The van der Waals surface area contributed by atoms with E-state index in [2.05, 4.69) is 4.74 Å². The lowest BCUT2D eigenvalue weighted by atomic mass is 10.2. The summed E-state index contributed by atoms with van der Waals surface area (Å²) in [5.41, 5.74) is 0.455. The maximum Gasteiger partial charge on any atom is 0.315 e. The summed E-state index contributed by atoms with van der Waals surface area (Å²) in [4.78, 5) is 25.6. The Morgan fingerprint density at radius 1 is 1.28 bits per heavy atom. The first-order valence-electron chi connectivity index (χ1n) is 7.76. The van der Waals surface area contributed by atoms with E-state index in [1.165, 1.54) is 57.2 Å². The van der Waals surface area contributed by atoms with Gasteiger partial charge in [0.05, 0.1) is 17.8 Å². The van der Waals surface area contributed by atoms with Crippen LogP contribution >= 0.6 is 11.8 Å². The minimum atomic E-state index is -3.50.